The van der Waals surface area contributed by atoms with Crippen LogP contribution >= 0.6 is 0 Å². The molecule has 0 radical (unpaired) electrons. The number of aromatic nitrogens is 2. The maximum Gasteiger partial charge on any atom is 0.211 e. The maximum atomic E-state index is 11.7. The van der Waals surface area contributed by atoms with Gasteiger partial charge in [0.25, 0.3) is 0 Å². The number of aryl methyl sites for hydroxylation is 2. The molecule has 8 heteroatoms. The lowest BCUT2D eigenvalue weighted by Crippen LogP contribution is -2.47. The number of anilines is 1. The molecule has 2 rings (SSSR count). The Morgan fingerprint density at radius 2 is 2.09 bits per heavy atom. The summed E-state index contributed by atoms with van der Waals surface area (Å²) < 4.78 is 26.8. The van der Waals surface area contributed by atoms with Crippen LogP contribution in [0.25, 0.3) is 0 Å². The van der Waals surface area contributed by atoms with Crippen molar-refractivity contribution in [3.63, 3.8) is 0 Å². The largest absolute Gasteiger partial charge is 0.363 e. The fraction of sp³-hybridized carbons (Fsp3) is 0.786. The lowest BCUT2D eigenvalue weighted by molar-refractivity contribution is 0.284. The zero-order valence-corrected chi connectivity index (χ0v) is 14.9. The van der Waals surface area contributed by atoms with Crippen LogP contribution in [0.2, 0.25) is 0 Å². The molecule has 126 valence electrons. The van der Waals surface area contributed by atoms with E-state index in [0.717, 1.165) is 24.4 Å². The Balaban J connectivity index is 2.04. The highest BCUT2D eigenvalue weighted by molar-refractivity contribution is 7.88. The molecule has 2 heterocycles. The van der Waals surface area contributed by atoms with E-state index in [4.69, 9.17) is 0 Å². The number of piperidine rings is 1. The van der Waals surface area contributed by atoms with Crippen LogP contribution in [0.5, 0.6) is 0 Å². The van der Waals surface area contributed by atoms with E-state index in [1.807, 2.05) is 32.7 Å². The Labute approximate surface area is 133 Å². The van der Waals surface area contributed by atoms with Gasteiger partial charge in [-0.05, 0) is 19.8 Å². The van der Waals surface area contributed by atoms with E-state index in [9.17, 15) is 8.42 Å². The first-order chi connectivity index (χ1) is 10.2. The summed E-state index contributed by atoms with van der Waals surface area (Å²) in [5, 5.41) is 7.98. The van der Waals surface area contributed by atoms with Gasteiger partial charge in [-0.2, -0.15) is 5.10 Å². The SMILES string of the molecule is Cc1nn(C)c(N(C)C)c1CN[C@H]1CCCN(S(C)(=O)=O)C1. The van der Waals surface area contributed by atoms with E-state index in [1.165, 1.54) is 11.8 Å². The van der Waals surface area contributed by atoms with Gasteiger partial charge in [0.15, 0.2) is 0 Å². The van der Waals surface area contributed by atoms with Crippen LogP contribution in [-0.2, 0) is 23.6 Å². The van der Waals surface area contributed by atoms with E-state index in [2.05, 4.69) is 15.3 Å². The van der Waals surface area contributed by atoms with Crippen molar-refractivity contribution in [2.24, 2.45) is 7.05 Å². The third-order valence-corrected chi connectivity index (χ3v) is 5.43. The summed E-state index contributed by atoms with van der Waals surface area (Å²) in [6.07, 6.45) is 3.19. The van der Waals surface area contributed by atoms with Crippen LogP contribution in [0.15, 0.2) is 0 Å². The van der Waals surface area contributed by atoms with E-state index in [-0.39, 0.29) is 6.04 Å². The van der Waals surface area contributed by atoms with E-state index < -0.39 is 10.0 Å². The highest BCUT2D eigenvalue weighted by atomic mass is 32.2. The molecule has 0 unspecified atom stereocenters. The van der Waals surface area contributed by atoms with Crippen molar-refractivity contribution in [3.05, 3.63) is 11.3 Å². The van der Waals surface area contributed by atoms with Gasteiger partial charge in [-0.25, -0.2) is 12.7 Å². The second kappa shape index (κ2) is 6.55. The predicted octanol–water partition coefficient (Wildman–Crippen LogP) is 0.308. The molecule has 0 saturated carbocycles. The number of nitrogens with zero attached hydrogens (tertiary/aromatic N) is 4. The van der Waals surface area contributed by atoms with E-state index >= 15 is 0 Å². The second-order valence-corrected chi connectivity index (χ2v) is 8.23. The summed E-state index contributed by atoms with van der Waals surface area (Å²) in [7, 11) is 2.86. The van der Waals surface area contributed by atoms with Gasteiger partial charge in [-0.3, -0.25) is 4.68 Å². The number of nitrogens with one attached hydrogen (secondary N) is 1. The summed E-state index contributed by atoms with van der Waals surface area (Å²) >= 11 is 0. The summed E-state index contributed by atoms with van der Waals surface area (Å²) in [6, 6.07) is 0.193. The minimum absolute atomic E-state index is 0.193. The Hall–Kier alpha value is -1.12. The third kappa shape index (κ3) is 3.80. The smallest absolute Gasteiger partial charge is 0.211 e. The number of hydrogen-bond acceptors (Lipinski definition) is 5. The molecule has 1 aromatic heterocycles. The lowest BCUT2D eigenvalue weighted by atomic mass is 10.1. The Bertz CT molecular complexity index is 623. The van der Waals surface area contributed by atoms with Crippen molar-refractivity contribution in [2.75, 3.05) is 38.3 Å². The fourth-order valence-electron chi connectivity index (χ4n) is 3.11. The zero-order chi connectivity index (χ0) is 16.5. The average molecular weight is 329 g/mol. The average Bonchev–Trinajstić information content (AvgIpc) is 2.70. The molecule has 0 spiro atoms. The Kier molecular flexibility index (Phi) is 5.14. The van der Waals surface area contributed by atoms with Gasteiger partial charge < -0.3 is 10.2 Å². The van der Waals surface area contributed by atoms with Gasteiger partial charge in [0.05, 0.1) is 11.9 Å². The lowest BCUT2D eigenvalue weighted by Gasteiger charge is -2.31. The molecule has 1 fully saturated rings. The van der Waals surface area contributed by atoms with Crippen molar-refractivity contribution < 1.29 is 8.42 Å². The summed E-state index contributed by atoms with van der Waals surface area (Å²) in [5.74, 6) is 1.08. The van der Waals surface area contributed by atoms with Crippen molar-refractivity contribution >= 4 is 15.8 Å². The van der Waals surface area contributed by atoms with Gasteiger partial charge in [0.2, 0.25) is 10.0 Å². The molecular formula is C14H27N5O2S. The molecule has 1 atom stereocenters. The molecule has 1 N–H and O–H groups in total. The van der Waals surface area contributed by atoms with Gasteiger partial charge >= 0.3 is 0 Å². The molecule has 0 aromatic carbocycles. The molecule has 1 aliphatic rings. The van der Waals surface area contributed by atoms with Crippen molar-refractivity contribution in [3.8, 4) is 0 Å². The highest BCUT2D eigenvalue weighted by Crippen LogP contribution is 2.22. The molecule has 1 saturated heterocycles. The van der Waals surface area contributed by atoms with Gasteiger partial charge in [-0.15, -0.1) is 0 Å². The van der Waals surface area contributed by atoms with Crippen LogP contribution in [-0.4, -0.2) is 62.0 Å². The molecule has 1 aromatic rings. The Morgan fingerprint density at radius 1 is 1.41 bits per heavy atom. The molecule has 0 bridgehead atoms. The van der Waals surface area contributed by atoms with Gasteiger partial charge in [0, 0.05) is 52.4 Å². The van der Waals surface area contributed by atoms with Crippen LogP contribution in [0.4, 0.5) is 5.82 Å². The van der Waals surface area contributed by atoms with Crippen molar-refractivity contribution in [1.29, 1.82) is 0 Å². The van der Waals surface area contributed by atoms with Crippen LogP contribution in [0.3, 0.4) is 0 Å². The number of sulfonamides is 1. The minimum Gasteiger partial charge on any atom is -0.363 e. The fourth-order valence-corrected chi connectivity index (χ4v) is 4.02. The summed E-state index contributed by atoms with van der Waals surface area (Å²) in [5.41, 5.74) is 2.18. The first kappa shape index (κ1) is 17.2. The monoisotopic (exact) mass is 329 g/mol. The van der Waals surface area contributed by atoms with Crippen LogP contribution in [0, 0.1) is 6.92 Å². The maximum absolute atomic E-state index is 11.7. The van der Waals surface area contributed by atoms with Crippen molar-refractivity contribution in [1.82, 2.24) is 19.4 Å². The normalized spacial score (nSPS) is 20.3. The van der Waals surface area contributed by atoms with E-state index in [1.54, 1.807) is 4.31 Å². The number of rotatable bonds is 5. The summed E-state index contributed by atoms with van der Waals surface area (Å²) in [4.78, 5) is 2.06. The molecule has 22 heavy (non-hydrogen) atoms. The number of hydrogen-bond donors (Lipinski definition) is 1. The first-order valence-corrected chi connectivity index (χ1v) is 9.43. The third-order valence-electron chi connectivity index (χ3n) is 4.16. The molecular weight excluding hydrogens is 302 g/mol. The first-order valence-electron chi connectivity index (χ1n) is 7.58. The zero-order valence-electron chi connectivity index (χ0n) is 14.1. The van der Waals surface area contributed by atoms with E-state index in [0.29, 0.717) is 19.6 Å². The predicted molar refractivity (Wildman–Crippen MR) is 88.6 cm³/mol. The highest BCUT2D eigenvalue weighted by Gasteiger charge is 2.26. The quantitative estimate of drug-likeness (QED) is 0.842. The molecule has 7 nitrogen and oxygen atoms in total. The molecule has 1 aliphatic heterocycles. The van der Waals surface area contributed by atoms with Crippen LogP contribution in [0.1, 0.15) is 24.1 Å². The minimum atomic E-state index is -3.10. The summed E-state index contributed by atoms with van der Waals surface area (Å²) in [6.45, 7) is 3.89. The molecule has 0 aliphatic carbocycles. The topological polar surface area (TPSA) is 70.5 Å². The standard InChI is InChI=1S/C14H27N5O2S/c1-11-13(14(17(2)3)18(4)16-11)9-15-12-7-6-8-19(10-12)22(5,20)21/h12,15H,6-10H2,1-5H3/t12-/m0/s1. The van der Waals surface area contributed by atoms with Crippen LogP contribution < -0.4 is 10.2 Å². The van der Waals surface area contributed by atoms with Crippen molar-refractivity contribution in [2.45, 2.75) is 32.4 Å². The second-order valence-electron chi connectivity index (χ2n) is 6.25. The van der Waals surface area contributed by atoms with Gasteiger partial charge in [-0.1, -0.05) is 0 Å². The van der Waals surface area contributed by atoms with Gasteiger partial charge in [0.1, 0.15) is 5.82 Å². The molecule has 0 amide bonds. The Morgan fingerprint density at radius 3 is 2.68 bits per heavy atom.